The molecule has 4 heteroatoms. The molecule has 0 radical (unpaired) electrons. The summed E-state index contributed by atoms with van der Waals surface area (Å²) in [7, 11) is 0. The van der Waals surface area contributed by atoms with Crippen LogP contribution in [-0.4, -0.2) is 23.4 Å². The smallest absolute Gasteiger partial charge is 0.314 e. The van der Waals surface area contributed by atoms with Crippen molar-refractivity contribution in [3.05, 3.63) is 30.3 Å². The Bertz CT molecular complexity index is 634. The Morgan fingerprint density at radius 3 is 2.46 bits per heavy atom. The van der Waals surface area contributed by atoms with E-state index < -0.39 is 11.0 Å². The van der Waals surface area contributed by atoms with Crippen LogP contribution in [0.2, 0.25) is 0 Å². The molecule has 0 saturated heterocycles. The molecule has 3 aliphatic carbocycles. The van der Waals surface area contributed by atoms with Crippen molar-refractivity contribution in [3.63, 3.8) is 0 Å². The predicted molar refractivity (Wildman–Crippen MR) is 93.6 cm³/mol. The van der Waals surface area contributed by atoms with Crippen molar-refractivity contribution in [3.8, 4) is 0 Å². The Balaban J connectivity index is 1.94. The Morgan fingerprint density at radius 1 is 1.21 bits per heavy atom. The van der Waals surface area contributed by atoms with Gasteiger partial charge in [-0.2, -0.15) is 0 Å². The van der Waals surface area contributed by atoms with Gasteiger partial charge < -0.3 is 10.1 Å². The molecule has 130 valence electrons. The minimum Gasteiger partial charge on any atom is -0.459 e. The van der Waals surface area contributed by atoms with E-state index in [0.29, 0.717) is 6.42 Å². The largest absolute Gasteiger partial charge is 0.459 e. The Hall–Kier alpha value is -1.84. The van der Waals surface area contributed by atoms with Crippen LogP contribution in [0.25, 0.3) is 0 Å². The van der Waals surface area contributed by atoms with Gasteiger partial charge in [-0.1, -0.05) is 18.2 Å². The van der Waals surface area contributed by atoms with Crippen molar-refractivity contribution in [1.82, 2.24) is 0 Å². The Labute approximate surface area is 144 Å². The first-order valence-electron chi connectivity index (χ1n) is 8.79. The molecule has 3 aliphatic rings. The van der Waals surface area contributed by atoms with Gasteiger partial charge >= 0.3 is 5.97 Å². The Morgan fingerprint density at radius 2 is 1.88 bits per heavy atom. The third-order valence-corrected chi connectivity index (χ3v) is 5.52. The number of hydrogen-bond acceptors (Lipinski definition) is 4. The summed E-state index contributed by atoms with van der Waals surface area (Å²) in [6.45, 7) is 7.64. The molecule has 1 aromatic carbocycles. The summed E-state index contributed by atoms with van der Waals surface area (Å²) in [5.41, 5.74) is -0.268. The lowest BCUT2D eigenvalue weighted by molar-refractivity contribution is -0.179. The first kappa shape index (κ1) is 17.0. The van der Waals surface area contributed by atoms with Crippen LogP contribution in [0.1, 0.15) is 47.0 Å². The molecule has 4 nitrogen and oxygen atoms in total. The highest BCUT2D eigenvalue weighted by Crippen LogP contribution is 2.53. The quantitative estimate of drug-likeness (QED) is 0.857. The maximum atomic E-state index is 13.1. The first-order valence-corrected chi connectivity index (χ1v) is 8.79. The van der Waals surface area contributed by atoms with Crippen LogP contribution in [-0.2, 0) is 14.3 Å². The van der Waals surface area contributed by atoms with Crippen LogP contribution in [0.15, 0.2) is 30.3 Å². The number of carbonyl (C=O) groups excluding carboxylic acids is 2. The zero-order valence-electron chi connectivity index (χ0n) is 15.0. The minimum atomic E-state index is -0.681. The summed E-state index contributed by atoms with van der Waals surface area (Å²) in [5, 5.41) is 3.48. The van der Waals surface area contributed by atoms with E-state index in [-0.39, 0.29) is 29.6 Å². The highest BCUT2D eigenvalue weighted by atomic mass is 16.6. The zero-order chi connectivity index (χ0) is 17.5. The van der Waals surface area contributed by atoms with Gasteiger partial charge in [0.15, 0.2) is 0 Å². The molecule has 4 atom stereocenters. The number of fused-ring (bicyclic) bond motifs is 3. The number of rotatable bonds is 3. The molecule has 1 aromatic rings. The molecule has 3 fully saturated rings. The first-order chi connectivity index (χ1) is 11.2. The van der Waals surface area contributed by atoms with Gasteiger partial charge in [-0.3, -0.25) is 9.59 Å². The van der Waals surface area contributed by atoms with E-state index in [2.05, 4.69) is 5.32 Å². The van der Waals surface area contributed by atoms with E-state index >= 15 is 0 Å². The normalized spacial score (nSPS) is 32.5. The van der Waals surface area contributed by atoms with Gasteiger partial charge in [-0.15, -0.1) is 0 Å². The van der Waals surface area contributed by atoms with E-state index in [1.54, 1.807) is 0 Å². The summed E-state index contributed by atoms with van der Waals surface area (Å²) >= 11 is 0. The standard InChI is InChI=1S/C20H27NO3/c1-19(2,3)24-18(23)20(4)13-10-11-15(16(22)12-13)17(20)21-14-8-6-5-7-9-14/h5-9,13,15,17,21H,10-12H2,1-4H3/t13-,15+,17-,20-/m0/s1. The fraction of sp³-hybridized carbons (Fsp3) is 0.600. The van der Waals surface area contributed by atoms with E-state index in [4.69, 9.17) is 4.74 Å². The van der Waals surface area contributed by atoms with Crippen molar-refractivity contribution < 1.29 is 14.3 Å². The summed E-state index contributed by atoms with van der Waals surface area (Å²) in [6, 6.07) is 9.60. The van der Waals surface area contributed by atoms with Crippen LogP contribution < -0.4 is 5.32 Å². The van der Waals surface area contributed by atoms with Crippen LogP contribution >= 0.6 is 0 Å². The van der Waals surface area contributed by atoms with Gasteiger partial charge in [0.1, 0.15) is 11.4 Å². The molecule has 0 spiro atoms. The highest BCUT2D eigenvalue weighted by Gasteiger charge is 2.60. The van der Waals surface area contributed by atoms with Crippen molar-refractivity contribution >= 4 is 17.4 Å². The molecule has 0 aromatic heterocycles. The van der Waals surface area contributed by atoms with E-state index in [1.807, 2.05) is 58.0 Å². The van der Waals surface area contributed by atoms with Gasteiger partial charge in [0.05, 0.1) is 11.5 Å². The zero-order valence-corrected chi connectivity index (χ0v) is 15.0. The second kappa shape index (κ2) is 5.91. The minimum absolute atomic E-state index is 0.0473. The summed E-state index contributed by atoms with van der Waals surface area (Å²) in [6.07, 6.45) is 2.26. The number of hydrogen-bond donors (Lipinski definition) is 1. The van der Waals surface area contributed by atoms with E-state index in [0.717, 1.165) is 18.5 Å². The molecule has 0 unspecified atom stereocenters. The van der Waals surface area contributed by atoms with Gasteiger partial charge in [0.2, 0.25) is 0 Å². The lowest BCUT2D eigenvalue weighted by atomic mass is 9.53. The molecular weight excluding hydrogens is 302 g/mol. The summed E-state index contributed by atoms with van der Waals surface area (Å²) in [5.74, 6) is 0.0186. The van der Waals surface area contributed by atoms with Crippen molar-refractivity contribution in [1.29, 1.82) is 0 Å². The van der Waals surface area contributed by atoms with Crippen molar-refractivity contribution in [2.75, 3.05) is 5.32 Å². The number of para-hydroxylation sites is 1. The van der Waals surface area contributed by atoms with Gasteiger partial charge in [-0.25, -0.2) is 0 Å². The Kier molecular flexibility index (Phi) is 4.18. The molecule has 3 saturated carbocycles. The molecule has 1 N–H and O–H groups in total. The SMILES string of the molecule is CC(C)(C)OC(=O)[C@@]1(C)[C@H]2CC[C@H](C(=O)C2)[C@@H]1Nc1ccccc1. The maximum absolute atomic E-state index is 13.1. The number of anilines is 1. The maximum Gasteiger partial charge on any atom is 0.314 e. The molecule has 2 bridgehead atoms. The summed E-state index contributed by atoms with van der Waals surface area (Å²) in [4.78, 5) is 25.5. The number of nitrogens with one attached hydrogen (secondary N) is 1. The average molecular weight is 329 g/mol. The van der Waals surface area contributed by atoms with E-state index in [1.165, 1.54) is 0 Å². The third-order valence-electron chi connectivity index (χ3n) is 5.52. The fourth-order valence-corrected chi connectivity index (χ4v) is 4.22. The van der Waals surface area contributed by atoms with Crippen molar-refractivity contribution in [2.45, 2.75) is 58.6 Å². The van der Waals surface area contributed by atoms with Crippen molar-refractivity contribution in [2.24, 2.45) is 17.3 Å². The molecule has 0 heterocycles. The van der Waals surface area contributed by atoms with E-state index in [9.17, 15) is 9.59 Å². The lowest BCUT2D eigenvalue weighted by Crippen LogP contribution is -2.62. The summed E-state index contributed by atoms with van der Waals surface area (Å²) < 4.78 is 5.75. The van der Waals surface area contributed by atoms with Gasteiger partial charge in [-0.05, 0) is 58.6 Å². The monoisotopic (exact) mass is 329 g/mol. The second-order valence-corrected chi connectivity index (χ2v) is 8.32. The number of Topliss-reactive ketones (excluding diaryl/α,β-unsaturated/α-hetero) is 1. The molecule has 0 aliphatic heterocycles. The van der Waals surface area contributed by atoms with Crippen LogP contribution in [0.5, 0.6) is 0 Å². The third kappa shape index (κ3) is 2.94. The van der Waals surface area contributed by atoms with Crippen LogP contribution in [0.3, 0.4) is 0 Å². The average Bonchev–Trinajstić information content (AvgIpc) is 2.50. The molecule has 4 rings (SSSR count). The van der Waals surface area contributed by atoms with Gasteiger partial charge in [0.25, 0.3) is 0 Å². The number of benzene rings is 1. The van der Waals surface area contributed by atoms with Crippen LogP contribution in [0, 0.1) is 17.3 Å². The number of esters is 1. The topological polar surface area (TPSA) is 55.4 Å². The fourth-order valence-electron chi connectivity index (χ4n) is 4.22. The number of ketones is 1. The van der Waals surface area contributed by atoms with Gasteiger partial charge in [0, 0.05) is 18.0 Å². The molecular formula is C20H27NO3. The molecule has 24 heavy (non-hydrogen) atoms. The number of ether oxygens (including phenoxy) is 1. The lowest BCUT2D eigenvalue weighted by Gasteiger charge is -2.53. The molecule has 0 amide bonds. The highest BCUT2D eigenvalue weighted by molar-refractivity contribution is 5.90. The second-order valence-electron chi connectivity index (χ2n) is 8.32. The number of carbonyl (C=O) groups is 2. The van der Waals surface area contributed by atoms with Crippen LogP contribution in [0.4, 0.5) is 5.69 Å². The predicted octanol–water partition coefficient (Wildman–Crippen LogP) is 3.81.